The van der Waals surface area contributed by atoms with Gasteiger partial charge in [-0.1, -0.05) is 0 Å². The Hall–Kier alpha value is -2.35. The Morgan fingerprint density at radius 1 is 1.43 bits per heavy atom. The van der Waals surface area contributed by atoms with Crippen LogP contribution < -0.4 is 5.32 Å². The Bertz CT molecular complexity index is 669. The number of nitro benzene ring substituents is 1. The van der Waals surface area contributed by atoms with E-state index in [0.29, 0.717) is 18.4 Å². The SMILES string of the molecule is O=[N+]([O-])c1ccc(-c2nnc(CCNC3CC3)o2)c(F)c1. The van der Waals surface area contributed by atoms with Gasteiger partial charge in [0.05, 0.1) is 16.6 Å². The van der Waals surface area contributed by atoms with E-state index in [1.54, 1.807) is 0 Å². The van der Waals surface area contributed by atoms with Crippen LogP contribution >= 0.6 is 0 Å². The highest BCUT2D eigenvalue weighted by Gasteiger charge is 2.20. The van der Waals surface area contributed by atoms with Crippen molar-refractivity contribution < 1.29 is 13.7 Å². The summed E-state index contributed by atoms with van der Waals surface area (Å²) < 4.78 is 19.2. The molecular formula is C13H13FN4O3. The predicted octanol–water partition coefficient (Wildman–Crippen LogP) is 2.08. The van der Waals surface area contributed by atoms with Crippen LogP contribution in [0.3, 0.4) is 0 Å². The third kappa shape index (κ3) is 3.22. The molecule has 1 aromatic heterocycles. The number of rotatable bonds is 6. The summed E-state index contributed by atoms with van der Waals surface area (Å²) in [5.41, 5.74) is -0.251. The van der Waals surface area contributed by atoms with Crippen LogP contribution in [0.5, 0.6) is 0 Å². The fourth-order valence-corrected chi connectivity index (χ4v) is 1.93. The lowest BCUT2D eigenvalue weighted by Crippen LogP contribution is -2.19. The van der Waals surface area contributed by atoms with E-state index in [0.717, 1.165) is 12.6 Å². The smallest absolute Gasteiger partial charge is 0.272 e. The number of nitro groups is 1. The van der Waals surface area contributed by atoms with Crippen molar-refractivity contribution in [2.24, 2.45) is 0 Å². The van der Waals surface area contributed by atoms with Crippen LogP contribution in [0.2, 0.25) is 0 Å². The summed E-state index contributed by atoms with van der Waals surface area (Å²) in [4.78, 5) is 9.91. The van der Waals surface area contributed by atoms with Crippen molar-refractivity contribution in [1.29, 1.82) is 0 Å². The normalized spacial score (nSPS) is 14.3. The van der Waals surface area contributed by atoms with Crippen molar-refractivity contribution in [3.8, 4) is 11.5 Å². The van der Waals surface area contributed by atoms with Crippen LogP contribution in [-0.4, -0.2) is 27.7 Å². The molecule has 1 aliphatic rings. The van der Waals surface area contributed by atoms with Gasteiger partial charge >= 0.3 is 0 Å². The van der Waals surface area contributed by atoms with Crippen LogP contribution in [-0.2, 0) is 6.42 Å². The van der Waals surface area contributed by atoms with Gasteiger partial charge in [0.25, 0.3) is 11.6 Å². The van der Waals surface area contributed by atoms with E-state index in [4.69, 9.17) is 4.42 Å². The van der Waals surface area contributed by atoms with E-state index >= 15 is 0 Å². The summed E-state index contributed by atoms with van der Waals surface area (Å²) >= 11 is 0. The van der Waals surface area contributed by atoms with E-state index < -0.39 is 10.7 Å². The molecule has 7 nitrogen and oxygen atoms in total. The second-order valence-electron chi connectivity index (χ2n) is 4.90. The standard InChI is InChI=1S/C13H13FN4O3/c14-11-7-9(18(19)20)3-4-10(11)13-17-16-12(21-13)5-6-15-8-1-2-8/h3-4,7-8,15H,1-2,5-6H2. The first-order chi connectivity index (χ1) is 10.1. The Balaban J connectivity index is 1.71. The average molecular weight is 292 g/mol. The van der Waals surface area contributed by atoms with Crippen molar-refractivity contribution in [1.82, 2.24) is 15.5 Å². The molecule has 8 heteroatoms. The van der Waals surface area contributed by atoms with E-state index in [2.05, 4.69) is 15.5 Å². The van der Waals surface area contributed by atoms with Gasteiger partial charge in [-0.05, 0) is 18.9 Å². The number of nitrogens with zero attached hydrogens (tertiary/aromatic N) is 3. The zero-order chi connectivity index (χ0) is 14.8. The second-order valence-corrected chi connectivity index (χ2v) is 4.90. The molecule has 110 valence electrons. The van der Waals surface area contributed by atoms with Crippen LogP contribution in [0.25, 0.3) is 11.5 Å². The molecule has 0 unspecified atom stereocenters. The van der Waals surface area contributed by atoms with E-state index in [1.807, 2.05) is 0 Å². The predicted molar refractivity (Wildman–Crippen MR) is 71.1 cm³/mol. The van der Waals surface area contributed by atoms with Gasteiger partial charge in [-0.2, -0.15) is 0 Å². The molecule has 0 spiro atoms. The third-order valence-electron chi connectivity index (χ3n) is 3.21. The molecule has 0 saturated heterocycles. The summed E-state index contributed by atoms with van der Waals surface area (Å²) in [6, 6.07) is 3.91. The van der Waals surface area contributed by atoms with Crippen LogP contribution in [0.4, 0.5) is 10.1 Å². The molecule has 3 rings (SSSR count). The van der Waals surface area contributed by atoms with Crippen LogP contribution in [0, 0.1) is 15.9 Å². The van der Waals surface area contributed by atoms with Crippen molar-refractivity contribution in [3.63, 3.8) is 0 Å². The highest BCUT2D eigenvalue weighted by atomic mass is 19.1. The lowest BCUT2D eigenvalue weighted by atomic mass is 10.2. The van der Waals surface area contributed by atoms with Gasteiger partial charge in [-0.25, -0.2) is 4.39 Å². The lowest BCUT2D eigenvalue weighted by Gasteiger charge is -1.99. The first kappa shape index (κ1) is 13.6. The second kappa shape index (κ2) is 5.57. The quantitative estimate of drug-likeness (QED) is 0.647. The number of benzene rings is 1. The molecule has 0 aliphatic heterocycles. The minimum atomic E-state index is -0.754. The average Bonchev–Trinajstić information content (AvgIpc) is 3.16. The largest absolute Gasteiger partial charge is 0.421 e. The van der Waals surface area contributed by atoms with Gasteiger partial charge in [0.2, 0.25) is 5.89 Å². The number of hydrogen-bond acceptors (Lipinski definition) is 6. The number of aromatic nitrogens is 2. The monoisotopic (exact) mass is 292 g/mol. The molecule has 0 bridgehead atoms. The Morgan fingerprint density at radius 2 is 2.24 bits per heavy atom. The number of non-ortho nitro benzene ring substituents is 1. The molecule has 1 N–H and O–H groups in total. The Morgan fingerprint density at radius 3 is 2.90 bits per heavy atom. The zero-order valence-electron chi connectivity index (χ0n) is 11.1. The van der Waals surface area contributed by atoms with Gasteiger partial charge in [-0.15, -0.1) is 10.2 Å². The molecule has 1 heterocycles. The molecule has 1 aliphatic carbocycles. The Kier molecular flexibility index (Phi) is 3.61. The van der Waals surface area contributed by atoms with Crippen molar-refractivity contribution in [2.75, 3.05) is 6.54 Å². The maximum absolute atomic E-state index is 13.8. The topological polar surface area (TPSA) is 94.1 Å². The molecule has 1 aromatic carbocycles. The van der Waals surface area contributed by atoms with Gasteiger partial charge in [0, 0.05) is 25.1 Å². The molecular weight excluding hydrogens is 279 g/mol. The molecule has 0 atom stereocenters. The van der Waals surface area contributed by atoms with Crippen LogP contribution in [0.1, 0.15) is 18.7 Å². The Labute approximate surface area is 119 Å². The highest BCUT2D eigenvalue weighted by Crippen LogP contribution is 2.25. The van der Waals surface area contributed by atoms with Gasteiger partial charge in [0.15, 0.2) is 0 Å². The molecule has 1 saturated carbocycles. The lowest BCUT2D eigenvalue weighted by molar-refractivity contribution is -0.385. The summed E-state index contributed by atoms with van der Waals surface area (Å²) in [5.74, 6) is -0.310. The van der Waals surface area contributed by atoms with E-state index in [9.17, 15) is 14.5 Å². The van der Waals surface area contributed by atoms with Gasteiger partial charge in [0.1, 0.15) is 5.82 Å². The number of halogens is 1. The maximum Gasteiger partial charge on any atom is 0.272 e. The number of hydrogen-bond donors (Lipinski definition) is 1. The van der Waals surface area contributed by atoms with Gasteiger partial charge in [-0.3, -0.25) is 10.1 Å². The molecule has 0 radical (unpaired) electrons. The van der Waals surface area contributed by atoms with E-state index in [1.165, 1.54) is 25.0 Å². The molecule has 21 heavy (non-hydrogen) atoms. The van der Waals surface area contributed by atoms with Crippen molar-refractivity contribution >= 4 is 5.69 Å². The maximum atomic E-state index is 13.8. The fourth-order valence-electron chi connectivity index (χ4n) is 1.93. The third-order valence-corrected chi connectivity index (χ3v) is 3.21. The fraction of sp³-hybridized carbons (Fsp3) is 0.385. The summed E-state index contributed by atoms with van der Waals surface area (Å²) in [5, 5.41) is 21.5. The van der Waals surface area contributed by atoms with E-state index in [-0.39, 0.29) is 17.1 Å². The summed E-state index contributed by atoms with van der Waals surface area (Å²) in [6.07, 6.45) is 2.96. The minimum absolute atomic E-state index is 0.0313. The first-order valence-electron chi connectivity index (χ1n) is 6.63. The van der Waals surface area contributed by atoms with Crippen molar-refractivity contribution in [3.05, 3.63) is 40.0 Å². The molecule has 2 aromatic rings. The van der Waals surface area contributed by atoms with Crippen LogP contribution in [0.15, 0.2) is 22.6 Å². The summed E-state index contributed by atoms with van der Waals surface area (Å²) in [6.45, 7) is 0.731. The summed E-state index contributed by atoms with van der Waals surface area (Å²) in [7, 11) is 0. The molecule has 1 fully saturated rings. The zero-order valence-corrected chi connectivity index (χ0v) is 11.1. The minimum Gasteiger partial charge on any atom is -0.421 e. The first-order valence-corrected chi connectivity index (χ1v) is 6.63. The van der Waals surface area contributed by atoms with Gasteiger partial charge < -0.3 is 9.73 Å². The van der Waals surface area contributed by atoms with Crippen molar-refractivity contribution in [2.45, 2.75) is 25.3 Å². The number of nitrogens with one attached hydrogen (secondary N) is 1. The molecule has 0 amide bonds. The highest BCUT2D eigenvalue weighted by molar-refractivity contribution is 5.56.